The van der Waals surface area contributed by atoms with Crippen LogP contribution in [0, 0.1) is 0 Å². The second-order valence-corrected chi connectivity index (χ2v) is 5.16. The molecule has 1 unspecified atom stereocenters. The summed E-state index contributed by atoms with van der Waals surface area (Å²) < 4.78 is 0. The van der Waals surface area contributed by atoms with Gasteiger partial charge in [0.05, 0.1) is 5.41 Å². The molecule has 0 heterocycles. The number of nitrogens with one attached hydrogen (secondary N) is 1. The Bertz CT molecular complexity index is 455. The summed E-state index contributed by atoms with van der Waals surface area (Å²) in [7, 11) is 0. The highest BCUT2D eigenvalue weighted by Crippen LogP contribution is 2.23. The molecule has 104 valence electrons. The van der Waals surface area contributed by atoms with Crippen molar-refractivity contribution in [2.24, 2.45) is 10.9 Å². The van der Waals surface area contributed by atoms with Crippen LogP contribution in [0.4, 0.5) is 0 Å². The number of nitrogens with two attached hydrogens (primary N) is 1. The highest BCUT2D eigenvalue weighted by molar-refractivity contribution is 5.88. The molecule has 1 amide bonds. The van der Waals surface area contributed by atoms with Crippen LogP contribution in [0.2, 0.25) is 0 Å². The number of nitrogens with zero attached hydrogens (tertiary/aromatic N) is 1. The van der Waals surface area contributed by atoms with Crippen LogP contribution in [0.15, 0.2) is 35.5 Å². The van der Waals surface area contributed by atoms with Crippen molar-refractivity contribution in [2.45, 2.75) is 38.6 Å². The zero-order valence-electron chi connectivity index (χ0n) is 11.6. The van der Waals surface area contributed by atoms with Crippen LogP contribution < -0.4 is 11.1 Å². The topological polar surface area (TPSA) is 87.7 Å². The minimum atomic E-state index is -0.624. The fourth-order valence-corrected chi connectivity index (χ4v) is 1.80. The van der Waals surface area contributed by atoms with Gasteiger partial charge in [-0.15, -0.1) is 0 Å². The minimum absolute atomic E-state index is 0.0862. The predicted molar refractivity (Wildman–Crippen MR) is 75.1 cm³/mol. The Labute approximate surface area is 113 Å². The van der Waals surface area contributed by atoms with E-state index in [1.54, 1.807) is 0 Å². The predicted octanol–water partition coefficient (Wildman–Crippen LogP) is 1.61. The van der Waals surface area contributed by atoms with Crippen LogP contribution >= 0.6 is 0 Å². The van der Waals surface area contributed by atoms with E-state index in [9.17, 15) is 4.79 Å². The summed E-state index contributed by atoms with van der Waals surface area (Å²) in [5.74, 6) is 0.0160. The van der Waals surface area contributed by atoms with Gasteiger partial charge in [0.25, 0.3) is 0 Å². The fraction of sp³-hybridized carbons (Fsp3) is 0.429. The van der Waals surface area contributed by atoms with Crippen molar-refractivity contribution in [1.29, 1.82) is 0 Å². The SMILES string of the molecule is CC(CC(N)=NO)NC(=O)C(C)(C)c1ccccc1. The summed E-state index contributed by atoms with van der Waals surface area (Å²) >= 11 is 0. The molecule has 5 heteroatoms. The number of carbonyl (C=O) groups excluding carboxylic acids is 1. The Morgan fingerprint density at radius 3 is 2.53 bits per heavy atom. The molecule has 0 bridgehead atoms. The van der Waals surface area contributed by atoms with E-state index in [0.717, 1.165) is 5.56 Å². The van der Waals surface area contributed by atoms with Gasteiger partial charge in [0.1, 0.15) is 5.84 Å². The lowest BCUT2D eigenvalue weighted by Crippen LogP contribution is -2.45. The van der Waals surface area contributed by atoms with Crippen molar-refractivity contribution >= 4 is 11.7 Å². The lowest BCUT2D eigenvalue weighted by Gasteiger charge is -2.26. The average Bonchev–Trinajstić information content (AvgIpc) is 2.39. The Hall–Kier alpha value is -2.04. The number of amidine groups is 1. The third-order valence-corrected chi connectivity index (χ3v) is 3.08. The van der Waals surface area contributed by atoms with E-state index >= 15 is 0 Å². The van der Waals surface area contributed by atoms with Crippen LogP contribution in [0.1, 0.15) is 32.8 Å². The van der Waals surface area contributed by atoms with Gasteiger partial charge in [0.2, 0.25) is 5.91 Å². The largest absolute Gasteiger partial charge is 0.409 e. The molecule has 0 saturated heterocycles. The molecular formula is C14H21N3O2. The standard InChI is InChI=1S/C14H21N3O2/c1-10(9-12(15)17-19)16-13(18)14(2,3)11-7-5-4-6-8-11/h4-8,10,19H,9H2,1-3H3,(H2,15,17)(H,16,18). The number of amides is 1. The summed E-state index contributed by atoms with van der Waals surface area (Å²) in [6.07, 6.45) is 0.313. The summed E-state index contributed by atoms with van der Waals surface area (Å²) in [4.78, 5) is 12.3. The van der Waals surface area contributed by atoms with Gasteiger partial charge in [-0.3, -0.25) is 4.79 Å². The molecule has 4 N–H and O–H groups in total. The maximum atomic E-state index is 12.3. The van der Waals surface area contributed by atoms with E-state index in [4.69, 9.17) is 10.9 Å². The maximum absolute atomic E-state index is 12.3. The van der Waals surface area contributed by atoms with Gasteiger partial charge in [-0.1, -0.05) is 35.5 Å². The van der Waals surface area contributed by atoms with Gasteiger partial charge in [-0.25, -0.2) is 0 Å². The van der Waals surface area contributed by atoms with Crippen molar-refractivity contribution in [2.75, 3.05) is 0 Å². The van der Waals surface area contributed by atoms with Gasteiger partial charge in [0, 0.05) is 12.5 Å². The number of benzene rings is 1. The first-order valence-corrected chi connectivity index (χ1v) is 6.20. The van der Waals surface area contributed by atoms with Crippen molar-refractivity contribution in [3.05, 3.63) is 35.9 Å². The first-order chi connectivity index (χ1) is 8.87. The molecule has 0 radical (unpaired) electrons. The van der Waals surface area contributed by atoms with Crippen molar-refractivity contribution in [3.8, 4) is 0 Å². The van der Waals surface area contributed by atoms with E-state index in [1.807, 2.05) is 51.1 Å². The molecular weight excluding hydrogens is 242 g/mol. The minimum Gasteiger partial charge on any atom is -0.409 e. The molecule has 0 aliphatic heterocycles. The van der Waals surface area contributed by atoms with E-state index in [1.165, 1.54) is 0 Å². The van der Waals surface area contributed by atoms with Gasteiger partial charge in [0.15, 0.2) is 0 Å². The van der Waals surface area contributed by atoms with Crippen LogP contribution in [-0.4, -0.2) is 23.0 Å². The third kappa shape index (κ3) is 3.98. The van der Waals surface area contributed by atoms with E-state index in [-0.39, 0.29) is 17.8 Å². The summed E-state index contributed by atoms with van der Waals surface area (Å²) in [5.41, 5.74) is 5.74. The van der Waals surface area contributed by atoms with E-state index < -0.39 is 5.41 Å². The zero-order valence-corrected chi connectivity index (χ0v) is 11.6. The number of hydrogen-bond donors (Lipinski definition) is 3. The lowest BCUT2D eigenvalue weighted by atomic mass is 9.83. The smallest absolute Gasteiger partial charge is 0.230 e. The quantitative estimate of drug-likeness (QED) is 0.326. The molecule has 5 nitrogen and oxygen atoms in total. The monoisotopic (exact) mass is 263 g/mol. The number of carbonyl (C=O) groups is 1. The lowest BCUT2D eigenvalue weighted by molar-refractivity contribution is -0.126. The maximum Gasteiger partial charge on any atom is 0.230 e. The molecule has 19 heavy (non-hydrogen) atoms. The van der Waals surface area contributed by atoms with E-state index in [2.05, 4.69) is 10.5 Å². The summed E-state index contributed by atoms with van der Waals surface area (Å²) in [6.45, 7) is 5.55. The van der Waals surface area contributed by atoms with Crippen molar-refractivity contribution in [1.82, 2.24) is 5.32 Å². The van der Waals surface area contributed by atoms with Crippen LogP contribution in [0.5, 0.6) is 0 Å². The van der Waals surface area contributed by atoms with Crippen LogP contribution in [-0.2, 0) is 10.2 Å². The molecule has 0 saturated carbocycles. The Morgan fingerprint density at radius 2 is 2.00 bits per heavy atom. The Balaban J connectivity index is 2.72. The normalized spacial score (nSPS) is 13.9. The molecule has 0 aliphatic rings. The molecule has 1 aromatic carbocycles. The summed E-state index contributed by atoms with van der Waals surface area (Å²) in [6, 6.07) is 9.39. The molecule has 1 aromatic rings. The zero-order chi connectivity index (χ0) is 14.5. The fourth-order valence-electron chi connectivity index (χ4n) is 1.80. The van der Waals surface area contributed by atoms with E-state index in [0.29, 0.717) is 6.42 Å². The molecule has 1 atom stereocenters. The third-order valence-electron chi connectivity index (χ3n) is 3.08. The van der Waals surface area contributed by atoms with Gasteiger partial charge in [-0.2, -0.15) is 0 Å². The highest BCUT2D eigenvalue weighted by atomic mass is 16.4. The van der Waals surface area contributed by atoms with Gasteiger partial charge < -0.3 is 16.3 Å². The second-order valence-electron chi connectivity index (χ2n) is 5.16. The first kappa shape index (κ1) is 15.0. The second kappa shape index (κ2) is 6.22. The van der Waals surface area contributed by atoms with Crippen molar-refractivity contribution in [3.63, 3.8) is 0 Å². The highest BCUT2D eigenvalue weighted by Gasteiger charge is 2.30. The average molecular weight is 263 g/mol. The first-order valence-electron chi connectivity index (χ1n) is 6.20. The van der Waals surface area contributed by atoms with Gasteiger partial charge >= 0.3 is 0 Å². The number of rotatable bonds is 5. The Morgan fingerprint density at radius 1 is 1.42 bits per heavy atom. The molecule has 0 aromatic heterocycles. The van der Waals surface area contributed by atoms with Gasteiger partial charge in [-0.05, 0) is 26.3 Å². The molecule has 1 rings (SSSR count). The number of hydrogen-bond acceptors (Lipinski definition) is 3. The summed E-state index contributed by atoms with van der Waals surface area (Å²) in [5, 5.41) is 14.3. The molecule has 0 fully saturated rings. The number of oxime groups is 1. The molecule has 0 aliphatic carbocycles. The van der Waals surface area contributed by atoms with Crippen LogP contribution in [0.3, 0.4) is 0 Å². The molecule has 0 spiro atoms. The Kier molecular flexibility index (Phi) is 4.92. The van der Waals surface area contributed by atoms with Crippen molar-refractivity contribution < 1.29 is 10.0 Å². The van der Waals surface area contributed by atoms with Crippen LogP contribution in [0.25, 0.3) is 0 Å².